The number of anilines is 3. The highest BCUT2D eigenvalue weighted by Crippen LogP contribution is 2.41. The Morgan fingerprint density at radius 3 is 2.54 bits per heavy atom. The minimum absolute atomic E-state index is 0.275. The van der Waals surface area contributed by atoms with Crippen LogP contribution in [0.3, 0.4) is 0 Å². The summed E-state index contributed by atoms with van der Waals surface area (Å²) in [7, 11) is 0. The fraction of sp³-hybridized carbons (Fsp3) is 0.136. The number of nitrogens with two attached hydrogens (primary N) is 2. The van der Waals surface area contributed by atoms with Crippen molar-refractivity contribution in [2.75, 3.05) is 16.8 Å². The van der Waals surface area contributed by atoms with E-state index < -0.39 is 0 Å². The number of rotatable bonds is 2. The summed E-state index contributed by atoms with van der Waals surface area (Å²) in [5.41, 5.74) is 21.7. The highest BCUT2D eigenvalue weighted by atomic mass is 15.0. The molecule has 4 heteroatoms. The standard InChI is InChI=1S/C22H20N4/c23-17-6-4-13(5-7-17)19-10-15-8-16-11-20(14-2-1-3-18(24)9-14)26-22(16)12-21(15)25-19/h1-9,12,20,26H,10-11,23-24H2. The highest BCUT2D eigenvalue weighted by Gasteiger charge is 2.26. The van der Waals surface area contributed by atoms with Crippen LogP contribution in [0.5, 0.6) is 0 Å². The molecule has 5 rings (SSSR count). The lowest BCUT2D eigenvalue weighted by Crippen LogP contribution is -2.05. The van der Waals surface area contributed by atoms with E-state index in [0.29, 0.717) is 0 Å². The number of nitrogens with one attached hydrogen (secondary N) is 1. The third-order valence-corrected chi connectivity index (χ3v) is 5.23. The lowest BCUT2D eigenvalue weighted by molar-refractivity contribution is 0.824. The van der Waals surface area contributed by atoms with Gasteiger partial charge >= 0.3 is 0 Å². The molecule has 0 spiro atoms. The lowest BCUT2D eigenvalue weighted by atomic mass is 9.99. The molecular weight excluding hydrogens is 320 g/mol. The van der Waals surface area contributed by atoms with E-state index in [1.54, 1.807) is 0 Å². The number of fused-ring (bicyclic) bond motifs is 2. The predicted molar refractivity (Wildman–Crippen MR) is 108 cm³/mol. The van der Waals surface area contributed by atoms with Crippen molar-refractivity contribution < 1.29 is 0 Å². The first-order chi connectivity index (χ1) is 12.7. The van der Waals surface area contributed by atoms with Crippen molar-refractivity contribution in [1.29, 1.82) is 0 Å². The second kappa shape index (κ2) is 5.63. The Morgan fingerprint density at radius 2 is 1.73 bits per heavy atom. The SMILES string of the molecule is Nc1ccc(C2=Nc3cc4c(cc3C2)CC(c2cccc(N)c2)N4)cc1. The molecule has 0 saturated carbocycles. The van der Waals surface area contributed by atoms with Crippen LogP contribution in [0, 0.1) is 0 Å². The molecule has 0 fully saturated rings. The quantitative estimate of drug-likeness (QED) is 0.611. The van der Waals surface area contributed by atoms with E-state index in [1.807, 2.05) is 36.4 Å². The van der Waals surface area contributed by atoms with Crippen molar-refractivity contribution >= 4 is 28.5 Å². The summed E-state index contributed by atoms with van der Waals surface area (Å²) in [5, 5.41) is 3.63. The number of benzene rings is 3. The minimum atomic E-state index is 0.275. The van der Waals surface area contributed by atoms with E-state index in [9.17, 15) is 0 Å². The maximum atomic E-state index is 5.94. The van der Waals surface area contributed by atoms with Gasteiger partial charge in [0.15, 0.2) is 0 Å². The molecule has 0 bridgehead atoms. The molecule has 0 aliphatic carbocycles. The molecule has 0 saturated heterocycles. The van der Waals surface area contributed by atoms with Gasteiger partial charge in [0, 0.05) is 23.5 Å². The van der Waals surface area contributed by atoms with Gasteiger partial charge < -0.3 is 16.8 Å². The molecule has 2 aliphatic rings. The summed E-state index contributed by atoms with van der Waals surface area (Å²) < 4.78 is 0. The molecule has 4 nitrogen and oxygen atoms in total. The number of hydrogen-bond acceptors (Lipinski definition) is 4. The highest BCUT2D eigenvalue weighted by molar-refractivity contribution is 6.07. The van der Waals surface area contributed by atoms with E-state index in [1.165, 1.54) is 22.4 Å². The summed E-state index contributed by atoms with van der Waals surface area (Å²) in [6.07, 6.45) is 1.85. The summed E-state index contributed by atoms with van der Waals surface area (Å²) in [4.78, 5) is 4.86. The number of nitrogens with zero attached hydrogens (tertiary/aromatic N) is 1. The molecule has 3 aromatic carbocycles. The third-order valence-electron chi connectivity index (χ3n) is 5.23. The fourth-order valence-corrected chi connectivity index (χ4v) is 3.88. The molecule has 2 aliphatic heterocycles. The van der Waals surface area contributed by atoms with E-state index in [0.717, 1.165) is 41.2 Å². The number of aliphatic imine (C=N–C) groups is 1. The zero-order valence-corrected chi connectivity index (χ0v) is 14.4. The Bertz CT molecular complexity index is 1030. The maximum Gasteiger partial charge on any atom is 0.0690 e. The molecule has 1 atom stereocenters. The molecule has 1 unspecified atom stereocenters. The lowest BCUT2D eigenvalue weighted by Gasteiger charge is -2.12. The van der Waals surface area contributed by atoms with Crippen LogP contribution in [0.2, 0.25) is 0 Å². The van der Waals surface area contributed by atoms with Gasteiger partial charge in [-0.25, -0.2) is 0 Å². The van der Waals surface area contributed by atoms with Gasteiger partial charge in [-0.05, 0) is 59.0 Å². The van der Waals surface area contributed by atoms with Crippen LogP contribution in [0.1, 0.15) is 28.3 Å². The van der Waals surface area contributed by atoms with Crippen molar-refractivity contribution in [2.45, 2.75) is 18.9 Å². The smallest absolute Gasteiger partial charge is 0.0690 e. The van der Waals surface area contributed by atoms with E-state index in [2.05, 4.69) is 29.6 Å². The normalized spacial score (nSPS) is 17.4. The van der Waals surface area contributed by atoms with Crippen LogP contribution in [0.4, 0.5) is 22.7 Å². The van der Waals surface area contributed by atoms with Crippen LogP contribution in [0.15, 0.2) is 65.7 Å². The van der Waals surface area contributed by atoms with Crippen molar-refractivity contribution in [2.24, 2.45) is 4.99 Å². The monoisotopic (exact) mass is 340 g/mol. The Balaban J connectivity index is 1.43. The molecule has 0 amide bonds. The predicted octanol–water partition coefficient (Wildman–Crippen LogP) is 4.24. The summed E-state index contributed by atoms with van der Waals surface area (Å²) in [6, 6.07) is 20.8. The maximum absolute atomic E-state index is 5.94. The van der Waals surface area contributed by atoms with Gasteiger partial charge in [-0.1, -0.05) is 30.3 Å². The minimum Gasteiger partial charge on any atom is -0.399 e. The van der Waals surface area contributed by atoms with E-state index in [4.69, 9.17) is 16.5 Å². The Labute approximate surface area is 152 Å². The Hall–Kier alpha value is -3.27. The summed E-state index contributed by atoms with van der Waals surface area (Å²) in [6.45, 7) is 0. The van der Waals surface area contributed by atoms with E-state index >= 15 is 0 Å². The van der Waals surface area contributed by atoms with Crippen LogP contribution in [-0.4, -0.2) is 5.71 Å². The van der Waals surface area contributed by atoms with Gasteiger partial charge in [-0.3, -0.25) is 4.99 Å². The molecule has 2 heterocycles. The number of hydrogen-bond donors (Lipinski definition) is 3. The largest absolute Gasteiger partial charge is 0.399 e. The number of nitrogen functional groups attached to an aromatic ring is 2. The van der Waals surface area contributed by atoms with Gasteiger partial charge in [0.05, 0.1) is 17.4 Å². The van der Waals surface area contributed by atoms with Gasteiger partial charge in [-0.2, -0.15) is 0 Å². The third kappa shape index (κ3) is 2.51. The van der Waals surface area contributed by atoms with Gasteiger partial charge in [0.1, 0.15) is 0 Å². The average Bonchev–Trinajstić information content (AvgIpc) is 3.23. The van der Waals surface area contributed by atoms with Gasteiger partial charge in [0.2, 0.25) is 0 Å². The second-order valence-electron chi connectivity index (χ2n) is 7.07. The van der Waals surface area contributed by atoms with Gasteiger partial charge in [0.25, 0.3) is 0 Å². The molecule has 5 N–H and O–H groups in total. The fourth-order valence-electron chi connectivity index (χ4n) is 3.88. The van der Waals surface area contributed by atoms with Gasteiger partial charge in [-0.15, -0.1) is 0 Å². The van der Waals surface area contributed by atoms with Crippen LogP contribution in [-0.2, 0) is 12.8 Å². The Kier molecular flexibility index (Phi) is 3.25. The second-order valence-corrected chi connectivity index (χ2v) is 7.07. The first kappa shape index (κ1) is 15.0. The van der Waals surface area contributed by atoms with Crippen molar-refractivity contribution in [3.63, 3.8) is 0 Å². The zero-order valence-electron chi connectivity index (χ0n) is 14.4. The molecule has 0 radical (unpaired) electrons. The van der Waals surface area contributed by atoms with Crippen LogP contribution in [0.25, 0.3) is 0 Å². The average molecular weight is 340 g/mol. The van der Waals surface area contributed by atoms with Crippen molar-refractivity contribution in [1.82, 2.24) is 0 Å². The first-order valence-corrected chi connectivity index (χ1v) is 8.87. The van der Waals surface area contributed by atoms with E-state index in [-0.39, 0.29) is 6.04 Å². The zero-order chi connectivity index (χ0) is 17.7. The molecule has 3 aromatic rings. The first-order valence-electron chi connectivity index (χ1n) is 8.87. The van der Waals surface area contributed by atoms with Crippen LogP contribution < -0.4 is 16.8 Å². The van der Waals surface area contributed by atoms with Crippen LogP contribution >= 0.6 is 0 Å². The molecule has 26 heavy (non-hydrogen) atoms. The van der Waals surface area contributed by atoms with Crippen molar-refractivity contribution in [3.05, 3.63) is 82.9 Å². The molecule has 128 valence electrons. The topological polar surface area (TPSA) is 76.4 Å². The molecule has 0 aromatic heterocycles. The Morgan fingerprint density at radius 1 is 0.885 bits per heavy atom. The summed E-state index contributed by atoms with van der Waals surface area (Å²) in [5.74, 6) is 0. The van der Waals surface area contributed by atoms with Crippen molar-refractivity contribution in [3.8, 4) is 0 Å². The summed E-state index contributed by atoms with van der Waals surface area (Å²) >= 11 is 0. The molecular formula is C22H20N4.